The molecule has 0 bridgehead atoms. The lowest BCUT2D eigenvalue weighted by molar-refractivity contribution is 0.413. The van der Waals surface area contributed by atoms with Crippen LogP contribution >= 0.6 is 0 Å². The number of hydrogen-bond donors (Lipinski definition) is 1. The maximum atomic E-state index is 5.77. The van der Waals surface area contributed by atoms with Crippen molar-refractivity contribution in [1.29, 1.82) is 0 Å². The molecule has 2 N–H and O–H groups in total. The van der Waals surface area contributed by atoms with Crippen LogP contribution in [0.4, 0.5) is 11.4 Å². The minimum absolute atomic E-state index is 0.0172. The summed E-state index contributed by atoms with van der Waals surface area (Å²) in [4.78, 5) is 2.23. The van der Waals surface area contributed by atoms with Crippen molar-refractivity contribution in [2.75, 3.05) is 31.3 Å². The first-order valence-electron chi connectivity index (χ1n) is 7.14. The van der Waals surface area contributed by atoms with Gasteiger partial charge in [0.1, 0.15) is 5.75 Å². The van der Waals surface area contributed by atoms with E-state index in [1.165, 1.54) is 5.56 Å². The quantitative estimate of drug-likeness (QED) is 0.851. The molecule has 0 fully saturated rings. The van der Waals surface area contributed by atoms with Crippen LogP contribution in [0.3, 0.4) is 0 Å². The molecule has 2 rings (SSSR count). The van der Waals surface area contributed by atoms with E-state index in [1.807, 2.05) is 30.3 Å². The molecule has 0 atom stereocenters. The molecule has 0 radical (unpaired) electrons. The molecule has 112 valence electrons. The van der Waals surface area contributed by atoms with E-state index in [0.717, 1.165) is 23.7 Å². The fourth-order valence-electron chi connectivity index (χ4n) is 2.65. The van der Waals surface area contributed by atoms with Gasteiger partial charge in [-0.25, -0.2) is 0 Å². The average molecular weight is 284 g/mol. The Hall–Kier alpha value is -2.16. The highest BCUT2D eigenvalue weighted by atomic mass is 16.5. The van der Waals surface area contributed by atoms with Gasteiger partial charge in [-0.05, 0) is 29.8 Å². The molecule has 0 heterocycles. The Morgan fingerprint density at radius 1 is 1.05 bits per heavy atom. The summed E-state index contributed by atoms with van der Waals surface area (Å²) in [5.74, 6) is 0.896. The molecular weight excluding hydrogens is 260 g/mol. The zero-order valence-electron chi connectivity index (χ0n) is 13.3. The normalized spacial score (nSPS) is 11.2. The van der Waals surface area contributed by atoms with Gasteiger partial charge in [0, 0.05) is 24.7 Å². The molecule has 2 aromatic rings. The lowest BCUT2D eigenvalue weighted by Gasteiger charge is -2.32. The Balaban J connectivity index is 2.21. The Bertz CT molecular complexity index is 590. The molecule has 0 saturated carbocycles. The number of likely N-dealkylation sites (N-methyl/N-ethyl adjacent to an activating group) is 1. The second-order valence-electron chi connectivity index (χ2n) is 6.03. The number of benzene rings is 2. The lowest BCUT2D eigenvalue weighted by atomic mass is 9.84. The van der Waals surface area contributed by atoms with Crippen molar-refractivity contribution in [2.24, 2.45) is 0 Å². The predicted molar refractivity (Wildman–Crippen MR) is 90.1 cm³/mol. The molecule has 2 aromatic carbocycles. The number of nitrogens with zero attached hydrogens (tertiary/aromatic N) is 1. The van der Waals surface area contributed by atoms with Crippen LogP contribution in [0.15, 0.2) is 48.5 Å². The maximum Gasteiger partial charge on any atom is 0.142 e. The molecule has 3 nitrogen and oxygen atoms in total. The first-order valence-corrected chi connectivity index (χ1v) is 7.14. The number of rotatable bonds is 5. The van der Waals surface area contributed by atoms with Gasteiger partial charge < -0.3 is 15.4 Å². The van der Waals surface area contributed by atoms with Crippen LogP contribution in [-0.4, -0.2) is 20.7 Å². The Morgan fingerprint density at radius 3 is 2.29 bits per heavy atom. The van der Waals surface area contributed by atoms with Crippen LogP contribution in [0.1, 0.15) is 19.4 Å². The van der Waals surface area contributed by atoms with Gasteiger partial charge in [-0.15, -0.1) is 0 Å². The van der Waals surface area contributed by atoms with E-state index in [4.69, 9.17) is 10.5 Å². The zero-order chi connectivity index (χ0) is 15.5. The van der Waals surface area contributed by atoms with Crippen molar-refractivity contribution in [3.8, 4) is 5.75 Å². The van der Waals surface area contributed by atoms with E-state index in [0.29, 0.717) is 0 Å². The van der Waals surface area contributed by atoms with Crippen molar-refractivity contribution in [1.82, 2.24) is 0 Å². The Kier molecular flexibility index (Phi) is 4.41. The summed E-state index contributed by atoms with van der Waals surface area (Å²) < 4.78 is 5.44. The van der Waals surface area contributed by atoms with E-state index in [-0.39, 0.29) is 5.41 Å². The number of nitrogen functional groups attached to an aromatic ring is 1. The van der Waals surface area contributed by atoms with Crippen molar-refractivity contribution < 1.29 is 4.74 Å². The van der Waals surface area contributed by atoms with E-state index in [9.17, 15) is 0 Å². The average Bonchev–Trinajstić information content (AvgIpc) is 2.47. The third-order valence-electron chi connectivity index (χ3n) is 3.82. The fraction of sp³-hybridized carbons (Fsp3) is 0.333. The number of methoxy groups -OCH3 is 1. The number of nitrogens with two attached hydrogens (primary N) is 1. The van der Waals surface area contributed by atoms with Gasteiger partial charge in [-0.3, -0.25) is 0 Å². The summed E-state index contributed by atoms with van der Waals surface area (Å²) in [6, 6.07) is 16.2. The van der Waals surface area contributed by atoms with Gasteiger partial charge in [-0.2, -0.15) is 0 Å². The minimum atomic E-state index is 0.0172. The molecule has 0 saturated heterocycles. The van der Waals surface area contributed by atoms with Crippen LogP contribution < -0.4 is 15.4 Å². The molecule has 0 aromatic heterocycles. The van der Waals surface area contributed by atoms with Crippen LogP contribution in [0.5, 0.6) is 5.75 Å². The molecular formula is C18H24N2O. The summed E-state index contributed by atoms with van der Waals surface area (Å²) in [7, 11) is 3.80. The van der Waals surface area contributed by atoms with E-state index in [1.54, 1.807) is 7.11 Å². The number of para-hydroxylation sites is 2. The van der Waals surface area contributed by atoms with Gasteiger partial charge in [0.15, 0.2) is 0 Å². The first kappa shape index (κ1) is 15.2. The summed E-state index contributed by atoms with van der Waals surface area (Å²) in [6.45, 7) is 5.37. The summed E-state index contributed by atoms with van der Waals surface area (Å²) in [5.41, 5.74) is 8.97. The Morgan fingerprint density at radius 2 is 1.67 bits per heavy atom. The number of anilines is 2. The molecule has 0 aliphatic rings. The van der Waals surface area contributed by atoms with Crippen LogP contribution in [0.2, 0.25) is 0 Å². The van der Waals surface area contributed by atoms with Gasteiger partial charge in [-0.1, -0.05) is 38.1 Å². The highest BCUT2D eigenvalue weighted by Crippen LogP contribution is 2.31. The van der Waals surface area contributed by atoms with E-state index in [2.05, 4.69) is 44.0 Å². The number of ether oxygens (including phenoxy) is 1. The SMILES string of the molecule is COc1ccccc1N(C)CC(C)(C)c1ccc(N)cc1. The molecule has 0 amide bonds. The topological polar surface area (TPSA) is 38.5 Å². The molecule has 21 heavy (non-hydrogen) atoms. The molecule has 0 unspecified atom stereocenters. The molecule has 0 aliphatic heterocycles. The van der Waals surface area contributed by atoms with Crippen LogP contribution in [0, 0.1) is 0 Å². The third kappa shape index (κ3) is 3.48. The highest BCUT2D eigenvalue weighted by Gasteiger charge is 2.23. The molecule has 0 aliphatic carbocycles. The van der Waals surface area contributed by atoms with E-state index < -0.39 is 0 Å². The first-order chi connectivity index (χ1) is 9.94. The largest absolute Gasteiger partial charge is 0.495 e. The van der Waals surface area contributed by atoms with Crippen molar-refractivity contribution >= 4 is 11.4 Å². The second-order valence-corrected chi connectivity index (χ2v) is 6.03. The Labute approximate surface area is 127 Å². The van der Waals surface area contributed by atoms with Gasteiger partial charge >= 0.3 is 0 Å². The number of hydrogen-bond acceptors (Lipinski definition) is 3. The van der Waals surface area contributed by atoms with Crippen molar-refractivity contribution in [2.45, 2.75) is 19.3 Å². The lowest BCUT2D eigenvalue weighted by Crippen LogP contribution is -2.34. The van der Waals surface area contributed by atoms with Crippen LogP contribution in [0.25, 0.3) is 0 Å². The summed E-state index contributed by atoms with van der Waals surface area (Å²) in [5, 5.41) is 0. The standard InChI is InChI=1S/C18H24N2O/c1-18(2,14-9-11-15(19)12-10-14)13-20(3)16-7-5-6-8-17(16)21-4/h5-12H,13,19H2,1-4H3. The van der Waals surface area contributed by atoms with Gasteiger partial charge in [0.2, 0.25) is 0 Å². The van der Waals surface area contributed by atoms with E-state index >= 15 is 0 Å². The highest BCUT2D eigenvalue weighted by molar-refractivity contribution is 5.58. The zero-order valence-corrected chi connectivity index (χ0v) is 13.3. The minimum Gasteiger partial charge on any atom is -0.495 e. The van der Waals surface area contributed by atoms with Gasteiger partial charge in [0.05, 0.1) is 12.8 Å². The fourth-order valence-corrected chi connectivity index (χ4v) is 2.65. The van der Waals surface area contributed by atoms with Crippen molar-refractivity contribution in [3.05, 3.63) is 54.1 Å². The smallest absolute Gasteiger partial charge is 0.142 e. The maximum absolute atomic E-state index is 5.77. The van der Waals surface area contributed by atoms with Crippen molar-refractivity contribution in [3.63, 3.8) is 0 Å². The summed E-state index contributed by atoms with van der Waals surface area (Å²) in [6.07, 6.45) is 0. The molecule has 0 spiro atoms. The third-order valence-corrected chi connectivity index (χ3v) is 3.82. The monoisotopic (exact) mass is 284 g/mol. The van der Waals surface area contributed by atoms with Gasteiger partial charge in [0.25, 0.3) is 0 Å². The van der Waals surface area contributed by atoms with Crippen LogP contribution in [-0.2, 0) is 5.41 Å². The second kappa shape index (κ2) is 6.08. The predicted octanol–water partition coefficient (Wildman–Crippen LogP) is 3.69. The summed E-state index contributed by atoms with van der Waals surface area (Å²) >= 11 is 0. The molecule has 3 heteroatoms.